The standard InChI is InChI=1S/C18H16ClFN4O/c1-11-21-17(23-13-5-3-12(20)4-6-13)10-18(22-11)24-14-7-8-16(25-2)15(19)9-14/h3-10H,1-2H3,(H2,21,22,23,24). The van der Waals surface area contributed by atoms with Gasteiger partial charge in [-0.25, -0.2) is 14.4 Å². The van der Waals surface area contributed by atoms with Gasteiger partial charge in [0.2, 0.25) is 0 Å². The summed E-state index contributed by atoms with van der Waals surface area (Å²) in [4.78, 5) is 8.70. The number of halogens is 2. The molecule has 128 valence electrons. The predicted octanol–water partition coefficient (Wildman–Crippen LogP) is 5.07. The summed E-state index contributed by atoms with van der Waals surface area (Å²) in [5.41, 5.74) is 1.51. The minimum absolute atomic E-state index is 0.289. The van der Waals surface area contributed by atoms with Crippen molar-refractivity contribution >= 4 is 34.6 Å². The summed E-state index contributed by atoms with van der Waals surface area (Å²) < 4.78 is 18.1. The number of aromatic nitrogens is 2. The fraction of sp³-hybridized carbons (Fsp3) is 0.111. The number of benzene rings is 2. The number of hydrogen-bond acceptors (Lipinski definition) is 5. The van der Waals surface area contributed by atoms with Gasteiger partial charge in [0, 0.05) is 17.4 Å². The van der Waals surface area contributed by atoms with Gasteiger partial charge >= 0.3 is 0 Å². The maximum absolute atomic E-state index is 13.0. The Labute approximate surface area is 149 Å². The molecule has 0 atom stereocenters. The third-order valence-corrected chi connectivity index (χ3v) is 3.67. The average molecular weight is 359 g/mol. The monoisotopic (exact) mass is 358 g/mol. The number of rotatable bonds is 5. The molecule has 7 heteroatoms. The van der Waals surface area contributed by atoms with Gasteiger partial charge in [-0.3, -0.25) is 0 Å². The zero-order valence-corrected chi connectivity index (χ0v) is 14.4. The van der Waals surface area contributed by atoms with Crippen LogP contribution in [0.5, 0.6) is 5.75 Å². The van der Waals surface area contributed by atoms with Crippen LogP contribution in [0.1, 0.15) is 5.82 Å². The molecule has 0 aliphatic carbocycles. The quantitative estimate of drug-likeness (QED) is 0.666. The highest BCUT2D eigenvalue weighted by atomic mass is 35.5. The molecule has 0 aliphatic rings. The molecule has 0 amide bonds. The smallest absolute Gasteiger partial charge is 0.137 e. The summed E-state index contributed by atoms with van der Waals surface area (Å²) in [5, 5.41) is 6.81. The van der Waals surface area contributed by atoms with Gasteiger partial charge in [0.25, 0.3) is 0 Å². The number of anilines is 4. The molecular weight excluding hydrogens is 343 g/mol. The molecule has 0 radical (unpaired) electrons. The van der Waals surface area contributed by atoms with Crippen LogP contribution in [0.15, 0.2) is 48.5 Å². The van der Waals surface area contributed by atoms with Gasteiger partial charge < -0.3 is 15.4 Å². The summed E-state index contributed by atoms with van der Waals surface area (Å²) in [6.45, 7) is 1.79. The number of nitrogens with zero attached hydrogens (tertiary/aromatic N) is 2. The molecule has 0 saturated heterocycles. The van der Waals surface area contributed by atoms with Gasteiger partial charge in [0.15, 0.2) is 0 Å². The zero-order chi connectivity index (χ0) is 17.8. The van der Waals surface area contributed by atoms with Crippen molar-refractivity contribution < 1.29 is 9.13 Å². The van der Waals surface area contributed by atoms with Crippen molar-refractivity contribution in [3.8, 4) is 5.75 Å². The Balaban J connectivity index is 1.81. The minimum atomic E-state index is -0.289. The third kappa shape index (κ3) is 4.36. The Morgan fingerprint density at radius 3 is 2.12 bits per heavy atom. The van der Waals surface area contributed by atoms with Crippen LogP contribution in [0.25, 0.3) is 0 Å². The lowest BCUT2D eigenvalue weighted by Crippen LogP contribution is -2.01. The van der Waals surface area contributed by atoms with Gasteiger partial charge in [-0.05, 0) is 49.4 Å². The van der Waals surface area contributed by atoms with Crippen LogP contribution in [0, 0.1) is 12.7 Å². The second-order valence-electron chi connectivity index (χ2n) is 5.29. The molecular formula is C18H16ClFN4O. The van der Waals surface area contributed by atoms with Crippen LogP contribution in [0.3, 0.4) is 0 Å². The van der Waals surface area contributed by atoms with E-state index in [2.05, 4.69) is 20.6 Å². The predicted molar refractivity (Wildman–Crippen MR) is 97.7 cm³/mol. The number of aryl methyl sites for hydroxylation is 1. The van der Waals surface area contributed by atoms with Gasteiger partial charge in [0.05, 0.1) is 12.1 Å². The van der Waals surface area contributed by atoms with Crippen LogP contribution in [-0.4, -0.2) is 17.1 Å². The van der Waals surface area contributed by atoms with Crippen LogP contribution < -0.4 is 15.4 Å². The molecule has 1 heterocycles. The number of nitrogens with one attached hydrogen (secondary N) is 2. The van der Waals surface area contributed by atoms with Gasteiger partial charge in [-0.1, -0.05) is 11.6 Å². The van der Waals surface area contributed by atoms with E-state index < -0.39 is 0 Å². The Kier molecular flexibility index (Phi) is 5.00. The summed E-state index contributed by atoms with van der Waals surface area (Å²) >= 11 is 6.14. The van der Waals surface area contributed by atoms with E-state index in [4.69, 9.17) is 16.3 Å². The summed E-state index contributed by atoms with van der Waals surface area (Å²) in [5.74, 6) is 2.11. The largest absolute Gasteiger partial charge is 0.495 e. The van der Waals surface area contributed by atoms with Crippen molar-refractivity contribution in [3.05, 3.63) is 65.2 Å². The van der Waals surface area contributed by atoms with Gasteiger partial charge in [-0.2, -0.15) is 0 Å². The molecule has 5 nitrogen and oxygen atoms in total. The summed E-state index contributed by atoms with van der Waals surface area (Å²) in [6.07, 6.45) is 0. The molecule has 0 unspecified atom stereocenters. The van der Waals surface area contributed by atoms with E-state index in [-0.39, 0.29) is 5.82 Å². The van der Waals surface area contributed by atoms with E-state index in [0.29, 0.717) is 28.2 Å². The first-order valence-electron chi connectivity index (χ1n) is 7.52. The van der Waals surface area contributed by atoms with Crippen LogP contribution in [0.4, 0.5) is 27.4 Å². The molecule has 2 N–H and O–H groups in total. The molecule has 1 aromatic heterocycles. The van der Waals surface area contributed by atoms with E-state index >= 15 is 0 Å². The van der Waals surface area contributed by atoms with E-state index in [1.807, 2.05) is 6.07 Å². The molecule has 0 saturated carbocycles. The maximum Gasteiger partial charge on any atom is 0.137 e. The van der Waals surface area contributed by atoms with Crippen LogP contribution >= 0.6 is 11.6 Å². The topological polar surface area (TPSA) is 59.1 Å². The lowest BCUT2D eigenvalue weighted by atomic mass is 10.3. The molecule has 0 aliphatic heterocycles. The molecule has 2 aromatic carbocycles. The normalized spacial score (nSPS) is 10.4. The second kappa shape index (κ2) is 7.36. The van der Waals surface area contributed by atoms with Crippen molar-refractivity contribution in [2.45, 2.75) is 6.92 Å². The van der Waals surface area contributed by atoms with Gasteiger partial charge in [-0.15, -0.1) is 0 Å². The Morgan fingerprint density at radius 1 is 0.920 bits per heavy atom. The maximum atomic E-state index is 13.0. The lowest BCUT2D eigenvalue weighted by molar-refractivity contribution is 0.415. The third-order valence-electron chi connectivity index (χ3n) is 3.38. The van der Waals surface area contributed by atoms with Crippen molar-refractivity contribution in [1.82, 2.24) is 9.97 Å². The first-order chi connectivity index (χ1) is 12.0. The van der Waals surface area contributed by atoms with E-state index in [1.54, 1.807) is 44.4 Å². The minimum Gasteiger partial charge on any atom is -0.495 e. The highest BCUT2D eigenvalue weighted by molar-refractivity contribution is 6.32. The Hall–Kier alpha value is -2.86. The second-order valence-corrected chi connectivity index (χ2v) is 5.70. The molecule has 25 heavy (non-hydrogen) atoms. The number of hydrogen-bond donors (Lipinski definition) is 2. The number of ether oxygens (including phenoxy) is 1. The van der Waals surface area contributed by atoms with Crippen molar-refractivity contribution in [2.24, 2.45) is 0 Å². The van der Waals surface area contributed by atoms with Crippen LogP contribution in [0.2, 0.25) is 5.02 Å². The van der Waals surface area contributed by atoms with Gasteiger partial charge in [0.1, 0.15) is 29.0 Å². The zero-order valence-electron chi connectivity index (χ0n) is 13.7. The van der Waals surface area contributed by atoms with Crippen LogP contribution in [-0.2, 0) is 0 Å². The summed E-state index contributed by atoms with van der Waals surface area (Å²) in [6, 6.07) is 13.2. The lowest BCUT2D eigenvalue weighted by Gasteiger charge is -2.11. The summed E-state index contributed by atoms with van der Waals surface area (Å²) in [7, 11) is 1.56. The molecule has 0 spiro atoms. The molecule has 0 bridgehead atoms. The average Bonchev–Trinajstić information content (AvgIpc) is 2.57. The molecule has 0 fully saturated rings. The van der Waals surface area contributed by atoms with E-state index in [1.165, 1.54) is 12.1 Å². The van der Waals surface area contributed by atoms with E-state index in [9.17, 15) is 4.39 Å². The van der Waals surface area contributed by atoms with E-state index in [0.717, 1.165) is 11.4 Å². The van der Waals surface area contributed by atoms with Crippen molar-refractivity contribution in [1.29, 1.82) is 0 Å². The highest BCUT2D eigenvalue weighted by Gasteiger charge is 2.06. The fourth-order valence-corrected chi connectivity index (χ4v) is 2.53. The highest BCUT2D eigenvalue weighted by Crippen LogP contribution is 2.29. The first kappa shape index (κ1) is 17.0. The number of methoxy groups -OCH3 is 1. The SMILES string of the molecule is COc1ccc(Nc2cc(Nc3ccc(F)cc3)nc(C)n2)cc1Cl. The van der Waals surface area contributed by atoms with Crippen molar-refractivity contribution in [3.63, 3.8) is 0 Å². The fourth-order valence-electron chi connectivity index (χ4n) is 2.27. The molecule has 3 rings (SSSR count). The Bertz CT molecular complexity index is 887. The molecule has 3 aromatic rings. The first-order valence-corrected chi connectivity index (χ1v) is 7.90. The van der Waals surface area contributed by atoms with Crippen molar-refractivity contribution in [2.75, 3.05) is 17.7 Å². The Morgan fingerprint density at radius 2 is 1.52 bits per heavy atom.